The van der Waals surface area contributed by atoms with Crippen molar-refractivity contribution in [2.75, 3.05) is 7.11 Å². The summed E-state index contributed by atoms with van der Waals surface area (Å²) in [5, 5.41) is 3.34. The number of aryl methyl sites for hydroxylation is 1. The molecule has 25 heavy (non-hydrogen) atoms. The van der Waals surface area contributed by atoms with Crippen LogP contribution in [0.5, 0.6) is 5.75 Å². The molecule has 0 saturated heterocycles. The lowest BCUT2D eigenvalue weighted by Gasteiger charge is -2.13. The van der Waals surface area contributed by atoms with Crippen molar-refractivity contribution < 1.29 is 9.53 Å². The molecule has 2 heterocycles. The van der Waals surface area contributed by atoms with Crippen LogP contribution in [0.1, 0.15) is 21.6 Å². The zero-order valence-corrected chi connectivity index (χ0v) is 14.7. The SMILES string of the molecule is COc1cc(-n2cccc2)c(Cl)cc1C(=O)NCc1ccc(C)nc1. The lowest BCUT2D eigenvalue weighted by molar-refractivity contribution is 0.0948. The number of methoxy groups -OCH3 is 1. The molecule has 5 nitrogen and oxygen atoms in total. The molecule has 2 aromatic heterocycles. The van der Waals surface area contributed by atoms with Gasteiger partial charge in [0.15, 0.2) is 0 Å². The molecule has 0 aliphatic carbocycles. The first kappa shape index (κ1) is 17.0. The third kappa shape index (κ3) is 3.83. The summed E-state index contributed by atoms with van der Waals surface area (Å²) in [6, 6.07) is 11.0. The molecular formula is C19H18ClN3O2. The van der Waals surface area contributed by atoms with E-state index in [4.69, 9.17) is 16.3 Å². The molecule has 1 amide bonds. The van der Waals surface area contributed by atoms with E-state index in [9.17, 15) is 4.79 Å². The number of hydrogen-bond donors (Lipinski definition) is 1. The maximum absolute atomic E-state index is 12.5. The summed E-state index contributed by atoms with van der Waals surface area (Å²) < 4.78 is 7.25. The van der Waals surface area contributed by atoms with Crippen LogP contribution in [0.15, 0.2) is 55.0 Å². The van der Waals surface area contributed by atoms with Gasteiger partial charge in [0.25, 0.3) is 5.91 Å². The Hall–Kier alpha value is -2.79. The smallest absolute Gasteiger partial charge is 0.255 e. The molecule has 1 aromatic carbocycles. The van der Waals surface area contributed by atoms with Gasteiger partial charge in [0.2, 0.25) is 0 Å². The van der Waals surface area contributed by atoms with Crippen LogP contribution in [0.2, 0.25) is 5.02 Å². The fraction of sp³-hybridized carbons (Fsp3) is 0.158. The van der Waals surface area contributed by atoms with Crippen LogP contribution in [-0.2, 0) is 6.54 Å². The predicted molar refractivity (Wildman–Crippen MR) is 97.5 cm³/mol. The van der Waals surface area contributed by atoms with Gasteiger partial charge in [-0.25, -0.2) is 0 Å². The molecule has 0 atom stereocenters. The summed E-state index contributed by atoms with van der Waals surface area (Å²) in [4.78, 5) is 16.8. The predicted octanol–water partition coefficient (Wildman–Crippen LogP) is 3.77. The quantitative estimate of drug-likeness (QED) is 0.758. The molecule has 0 bridgehead atoms. The van der Waals surface area contributed by atoms with Gasteiger partial charge in [0.1, 0.15) is 5.75 Å². The number of carbonyl (C=O) groups is 1. The second kappa shape index (κ2) is 7.40. The maximum Gasteiger partial charge on any atom is 0.255 e. The molecule has 0 spiro atoms. The standard InChI is InChI=1S/C19H18ClN3O2/c1-13-5-6-14(11-21-13)12-22-19(24)15-9-16(20)17(10-18(15)25-2)23-7-3-4-8-23/h3-11H,12H2,1-2H3,(H,22,24). The van der Waals surface area contributed by atoms with E-state index in [0.29, 0.717) is 22.9 Å². The van der Waals surface area contributed by atoms with Crippen molar-refractivity contribution in [3.63, 3.8) is 0 Å². The Labute approximate surface area is 151 Å². The maximum atomic E-state index is 12.5. The van der Waals surface area contributed by atoms with Crippen LogP contribution in [0.4, 0.5) is 0 Å². The number of aromatic nitrogens is 2. The van der Waals surface area contributed by atoms with E-state index in [2.05, 4.69) is 10.3 Å². The molecule has 0 radical (unpaired) electrons. The number of hydrogen-bond acceptors (Lipinski definition) is 3. The first-order chi connectivity index (χ1) is 12.1. The first-order valence-corrected chi connectivity index (χ1v) is 8.17. The number of pyridine rings is 1. The van der Waals surface area contributed by atoms with Gasteiger partial charge in [0.05, 0.1) is 23.4 Å². The summed E-state index contributed by atoms with van der Waals surface area (Å²) in [5.41, 5.74) is 3.00. The Kier molecular flexibility index (Phi) is 5.05. The van der Waals surface area contributed by atoms with E-state index in [0.717, 1.165) is 16.9 Å². The summed E-state index contributed by atoms with van der Waals surface area (Å²) in [6.45, 7) is 2.30. The van der Waals surface area contributed by atoms with Crippen LogP contribution in [0.25, 0.3) is 5.69 Å². The lowest BCUT2D eigenvalue weighted by atomic mass is 10.1. The Bertz CT molecular complexity index is 874. The Morgan fingerprint density at radius 3 is 2.68 bits per heavy atom. The van der Waals surface area contributed by atoms with Gasteiger partial charge in [-0.2, -0.15) is 0 Å². The van der Waals surface area contributed by atoms with Crippen molar-refractivity contribution >= 4 is 17.5 Å². The van der Waals surface area contributed by atoms with Crippen molar-refractivity contribution in [3.05, 3.63) is 76.8 Å². The van der Waals surface area contributed by atoms with E-state index in [-0.39, 0.29) is 5.91 Å². The van der Waals surface area contributed by atoms with E-state index in [1.165, 1.54) is 7.11 Å². The third-order valence-electron chi connectivity index (χ3n) is 3.82. The lowest BCUT2D eigenvalue weighted by Crippen LogP contribution is -2.23. The zero-order chi connectivity index (χ0) is 17.8. The highest BCUT2D eigenvalue weighted by molar-refractivity contribution is 6.33. The third-order valence-corrected chi connectivity index (χ3v) is 4.12. The number of benzene rings is 1. The van der Waals surface area contributed by atoms with Gasteiger partial charge in [-0.1, -0.05) is 17.7 Å². The highest BCUT2D eigenvalue weighted by atomic mass is 35.5. The number of rotatable bonds is 5. The van der Waals surface area contributed by atoms with E-state index >= 15 is 0 Å². The van der Waals surface area contributed by atoms with Gasteiger partial charge in [-0.05, 0) is 36.8 Å². The average Bonchev–Trinajstić information content (AvgIpc) is 3.15. The Morgan fingerprint density at radius 1 is 1.28 bits per heavy atom. The van der Waals surface area contributed by atoms with Crippen LogP contribution < -0.4 is 10.1 Å². The van der Waals surface area contributed by atoms with Gasteiger partial charge < -0.3 is 14.6 Å². The summed E-state index contributed by atoms with van der Waals surface area (Å²) >= 11 is 6.36. The van der Waals surface area contributed by atoms with Crippen LogP contribution in [-0.4, -0.2) is 22.6 Å². The second-order valence-corrected chi connectivity index (χ2v) is 5.99. The molecule has 128 valence electrons. The van der Waals surface area contributed by atoms with Crippen molar-refractivity contribution in [2.24, 2.45) is 0 Å². The van der Waals surface area contributed by atoms with Crippen molar-refractivity contribution in [1.82, 2.24) is 14.9 Å². The molecule has 3 rings (SSSR count). The van der Waals surface area contributed by atoms with Gasteiger partial charge in [-0.3, -0.25) is 9.78 Å². The minimum Gasteiger partial charge on any atom is -0.496 e. The molecule has 0 aliphatic rings. The minimum atomic E-state index is -0.251. The molecule has 6 heteroatoms. The molecule has 3 aromatic rings. The fourth-order valence-electron chi connectivity index (χ4n) is 2.46. The molecule has 0 unspecified atom stereocenters. The summed E-state index contributed by atoms with van der Waals surface area (Å²) in [6.07, 6.45) is 5.50. The number of nitrogens with zero attached hydrogens (tertiary/aromatic N) is 2. The molecule has 0 fully saturated rings. The molecule has 1 N–H and O–H groups in total. The number of halogens is 1. The summed E-state index contributed by atoms with van der Waals surface area (Å²) in [7, 11) is 1.53. The van der Waals surface area contributed by atoms with E-state index in [1.807, 2.05) is 48.1 Å². The molecular weight excluding hydrogens is 338 g/mol. The van der Waals surface area contributed by atoms with Gasteiger partial charge in [-0.15, -0.1) is 0 Å². The Balaban J connectivity index is 1.82. The van der Waals surface area contributed by atoms with Crippen LogP contribution in [0, 0.1) is 6.92 Å². The average molecular weight is 356 g/mol. The highest BCUT2D eigenvalue weighted by Crippen LogP contribution is 2.30. The fourth-order valence-corrected chi connectivity index (χ4v) is 2.72. The monoisotopic (exact) mass is 355 g/mol. The molecule has 0 aliphatic heterocycles. The number of amides is 1. The zero-order valence-electron chi connectivity index (χ0n) is 14.0. The number of carbonyl (C=O) groups excluding carboxylic acids is 1. The van der Waals surface area contributed by atoms with Gasteiger partial charge >= 0.3 is 0 Å². The van der Waals surface area contributed by atoms with Crippen molar-refractivity contribution in [3.8, 4) is 11.4 Å². The van der Waals surface area contributed by atoms with E-state index < -0.39 is 0 Å². The van der Waals surface area contributed by atoms with Crippen molar-refractivity contribution in [1.29, 1.82) is 0 Å². The van der Waals surface area contributed by atoms with Crippen molar-refractivity contribution in [2.45, 2.75) is 13.5 Å². The van der Waals surface area contributed by atoms with Crippen LogP contribution in [0.3, 0.4) is 0 Å². The number of nitrogens with one attached hydrogen (secondary N) is 1. The largest absolute Gasteiger partial charge is 0.496 e. The normalized spacial score (nSPS) is 10.5. The van der Waals surface area contributed by atoms with Gasteiger partial charge in [0, 0.05) is 36.9 Å². The molecule has 0 saturated carbocycles. The number of ether oxygens (including phenoxy) is 1. The topological polar surface area (TPSA) is 56.1 Å². The minimum absolute atomic E-state index is 0.251. The highest BCUT2D eigenvalue weighted by Gasteiger charge is 2.16. The second-order valence-electron chi connectivity index (χ2n) is 5.58. The first-order valence-electron chi connectivity index (χ1n) is 7.79. The Morgan fingerprint density at radius 2 is 2.04 bits per heavy atom. The summed E-state index contributed by atoms with van der Waals surface area (Å²) in [5.74, 6) is 0.214. The van der Waals surface area contributed by atoms with E-state index in [1.54, 1.807) is 18.3 Å². The van der Waals surface area contributed by atoms with Crippen LogP contribution >= 0.6 is 11.6 Å².